The van der Waals surface area contributed by atoms with Crippen LogP contribution in [-0.2, 0) is 12.0 Å². The van der Waals surface area contributed by atoms with Crippen LogP contribution in [0.4, 0.5) is 5.69 Å². The molecule has 4 rings (SSSR count). The number of anilines is 1. The van der Waals surface area contributed by atoms with E-state index in [2.05, 4.69) is 22.5 Å². The summed E-state index contributed by atoms with van der Waals surface area (Å²) in [7, 11) is 0. The summed E-state index contributed by atoms with van der Waals surface area (Å²) in [4.78, 5) is 25.2. The Morgan fingerprint density at radius 2 is 1.84 bits per heavy atom. The fraction of sp³-hybridized carbons (Fsp3) is 0.261. The van der Waals surface area contributed by atoms with E-state index in [-0.39, 0.29) is 10.4 Å². The van der Waals surface area contributed by atoms with E-state index in [0.29, 0.717) is 17.3 Å². The van der Waals surface area contributed by atoms with Gasteiger partial charge in [0.1, 0.15) is 0 Å². The van der Waals surface area contributed by atoms with E-state index >= 15 is 0 Å². The van der Waals surface area contributed by atoms with Gasteiger partial charge in [-0.1, -0.05) is 66.4 Å². The highest BCUT2D eigenvalue weighted by Crippen LogP contribution is 2.42. The standard InChI is InChI=1S/C23H21Cl2N3O3/c24-16-8-9-18(17(25)12-16)26-22(31)20-21(30)19(29)13-28(27-20)14-23(10-4-5-11-23)15-6-2-1-3-7-15/h1-3,6-9,12-13,29H,4-5,10-11,14H2,(H,26,31). The number of carbonyl (C=O) groups is 1. The lowest BCUT2D eigenvalue weighted by Crippen LogP contribution is -2.32. The lowest BCUT2D eigenvalue weighted by molar-refractivity contribution is 0.101. The monoisotopic (exact) mass is 457 g/mol. The Balaban J connectivity index is 1.66. The number of hydrogen-bond donors (Lipinski definition) is 2. The molecule has 0 radical (unpaired) electrons. The molecule has 1 heterocycles. The van der Waals surface area contributed by atoms with Gasteiger partial charge in [0.25, 0.3) is 11.3 Å². The number of hydrogen-bond acceptors (Lipinski definition) is 4. The largest absolute Gasteiger partial charge is 0.503 e. The average molecular weight is 458 g/mol. The Hall–Kier alpha value is -2.83. The molecule has 0 aliphatic heterocycles. The lowest BCUT2D eigenvalue weighted by Gasteiger charge is -2.30. The van der Waals surface area contributed by atoms with Crippen molar-refractivity contribution in [3.05, 3.63) is 86.3 Å². The van der Waals surface area contributed by atoms with Crippen molar-refractivity contribution < 1.29 is 9.90 Å². The Morgan fingerprint density at radius 1 is 1.13 bits per heavy atom. The summed E-state index contributed by atoms with van der Waals surface area (Å²) in [5, 5.41) is 17.7. The molecule has 2 aromatic carbocycles. The smallest absolute Gasteiger partial charge is 0.280 e. The van der Waals surface area contributed by atoms with Crippen LogP contribution in [0.2, 0.25) is 10.0 Å². The number of halogens is 2. The number of rotatable bonds is 5. The van der Waals surface area contributed by atoms with Crippen molar-refractivity contribution in [3.63, 3.8) is 0 Å². The third-order valence-electron chi connectivity index (χ3n) is 5.75. The molecule has 3 aromatic rings. The van der Waals surface area contributed by atoms with E-state index in [1.165, 1.54) is 28.6 Å². The quantitative estimate of drug-likeness (QED) is 0.563. The van der Waals surface area contributed by atoms with Gasteiger partial charge >= 0.3 is 0 Å². The minimum atomic E-state index is -0.834. The summed E-state index contributed by atoms with van der Waals surface area (Å²) >= 11 is 12.0. The lowest BCUT2D eigenvalue weighted by atomic mass is 9.79. The molecular weight excluding hydrogens is 437 g/mol. The summed E-state index contributed by atoms with van der Waals surface area (Å²) in [6.07, 6.45) is 5.39. The zero-order valence-electron chi connectivity index (χ0n) is 16.6. The maximum atomic E-state index is 12.8. The predicted molar refractivity (Wildman–Crippen MR) is 121 cm³/mol. The third-order valence-corrected chi connectivity index (χ3v) is 6.30. The van der Waals surface area contributed by atoms with Gasteiger partial charge in [-0.05, 0) is 36.6 Å². The van der Waals surface area contributed by atoms with Crippen LogP contribution in [0.15, 0.2) is 59.5 Å². The molecule has 1 aromatic heterocycles. The molecular formula is C23H21Cl2N3O3. The highest BCUT2D eigenvalue weighted by Gasteiger charge is 2.36. The van der Waals surface area contributed by atoms with Crippen LogP contribution in [0, 0.1) is 0 Å². The van der Waals surface area contributed by atoms with Crippen LogP contribution in [0.5, 0.6) is 5.75 Å². The minimum Gasteiger partial charge on any atom is -0.503 e. The molecule has 0 spiro atoms. The average Bonchev–Trinajstić information content (AvgIpc) is 3.23. The normalized spacial score (nSPS) is 15.0. The fourth-order valence-electron chi connectivity index (χ4n) is 4.22. The molecule has 1 saturated carbocycles. The molecule has 6 nitrogen and oxygen atoms in total. The van der Waals surface area contributed by atoms with Gasteiger partial charge in [-0.2, -0.15) is 5.10 Å². The number of carbonyl (C=O) groups excluding carboxylic acids is 1. The van der Waals surface area contributed by atoms with E-state index in [0.717, 1.165) is 25.7 Å². The van der Waals surface area contributed by atoms with Gasteiger partial charge in [0.2, 0.25) is 0 Å². The Bertz CT molecular complexity index is 1170. The second kappa shape index (κ2) is 8.73. The first-order chi connectivity index (χ1) is 14.9. The topological polar surface area (TPSA) is 84.2 Å². The number of nitrogens with one attached hydrogen (secondary N) is 1. The summed E-state index contributed by atoms with van der Waals surface area (Å²) in [6, 6.07) is 14.7. The number of benzene rings is 2. The van der Waals surface area contributed by atoms with Gasteiger partial charge in [-0.15, -0.1) is 0 Å². The van der Waals surface area contributed by atoms with E-state index in [1.807, 2.05) is 18.2 Å². The number of aromatic hydroxyl groups is 1. The van der Waals surface area contributed by atoms with Crippen LogP contribution in [0.1, 0.15) is 41.7 Å². The van der Waals surface area contributed by atoms with E-state index < -0.39 is 22.8 Å². The van der Waals surface area contributed by atoms with E-state index in [1.54, 1.807) is 6.07 Å². The Morgan fingerprint density at radius 3 is 2.52 bits per heavy atom. The highest BCUT2D eigenvalue weighted by molar-refractivity contribution is 6.36. The molecule has 0 saturated heterocycles. The second-order valence-electron chi connectivity index (χ2n) is 7.82. The fourth-order valence-corrected chi connectivity index (χ4v) is 4.67. The minimum absolute atomic E-state index is 0.164. The van der Waals surface area contributed by atoms with Gasteiger partial charge in [0.05, 0.1) is 23.5 Å². The van der Waals surface area contributed by atoms with E-state index in [4.69, 9.17) is 23.2 Å². The molecule has 31 heavy (non-hydrogen) atoms. The molecule has 160 valence electrons. The molecule has 0 unspecified atom stereocenters. The Labute approximate surface area is 189 Å². The highest BCUT2D eigenvalue weighted by atomic mass is 35.5. The first-order valence-corrected chi connectivity index (χ1v) is 10.8. The van der Waals surface area contributed by atoms with Crippen LogP contribution in [0.3, 0.4) is 0 Å². The molecule has 1 fully saturated rings. The Kier molecular flexibility index (Phi) is 6.03. The van der Waals surface area contributed by atoms with Crippen LogP contribution in [-0.4, -0.2) is 20.8 Å². The second-order valence-corrected chi connectivity index (χ2v) is 8.67. The number of aromatic nitrogens is 2. The zero-order valence-corrected chi connectivity index (χ0v) is 18.2. The maximum absolute atomic E-state index is 12.8. The van der Waals surface area contributed by atoms with Gasteiger partial charge < -0.3 is 10.4 Å². The summed E-state index contributed by atoms with van der Waals surface area (Å²) in [5.41, 5.74) is 0.0876. The van der Waals surface area contributed by atoms with Crippen molar-refractivity contribution in [2.24, 2.45) is 0 Å². The summed E-state index contributed by atoms with van der Waals surface area (Å²) in [5.74, 6) is -1.28. The predicted octanol–water partition coefficient (Wildman–Crippen LogP) is 5.02. The van der Waals surface area contributed by atoms with Gasteiger partial charge in [0, 0.05) is 10.4 Å². The third kappa shape index (κ3) is 4.45. The summed E-state index contributed by atoms with van der Waals surface area (Å²) < 4.78 is 1.49. The van der Waals surface area contributed by atoms with Crippen molar-refractivity contribution >= 4 is 34.8 Å². The van der Waals surface area contributed by atoms with Crippen molar-refractivity contribution in [2.45, 2.75) is 37.6 Å². The van der Waals surface area contributed by atoms with Crippen LogP contribution in [0.25, 0.3) is 0 Å². The van der Waals surface area contributed by atoms with Gasteiger partial charge in [0.15, 0.2) is 11.4 Å². The van der Waals surface area contributed by atoms with Gasteiger partial charge in [-0.3, -0.25) is 14.3 Å². The first kappa shape index (κ1) is 21.4. The molecule has 1 aliphatic rings. The molecule has 1 amide bonds. The molecule has 2 N–H and O–H groups in total. The maximum Gasteiger partial charge on any atom is 0.280 e. The molecule has 8 heteroatoms. The summed E-state index contributed by atoms with van der Waals surface area (Å²) in [6.45, 7) is 0.451. The SMILES string of the molecule is O=C(Nc1ccc(Cl)cc1Cl)c1nn(CC2(c3ccccc3)CCCC2)cc(O)c1=O. The molecule has 0 atom stereocenters. The molecule has 1 aliphatic carbocycles. The zero-order chi connectivity index (χ0) is 22.0. The van der Waals surface area contributed by atoms with Crippen molar-refractivity contribution in [2.75, 3.05) is 5.32 Å². The van der Waals surface area contributed by atoms with Crippen molar-refractivity contribution in [1.82, 2.24) is 9.78 Å². The van der Waals surface area contributed by atoms with E-state index in [9.17, 15) is 14.7 Å². The van der Waals surface area contributed by atoms with Crippen molar-refractivity contribution in [3.8, 4) is 5.75 Å². The first-order valence-electron chi connectivity index (χ1n) is 10.0. The van der Waals surface area contributed by atoms with Gasteiger partial charge in [-0.25, -0.2) is 0 Å². The van der Waals surface area contributed by atoms with Crippen molar-refractivity contribution in [1.29, 1.82) is 0 Å². The number of nitrogens with zero attached hydrogens (tertiary/aromatic N) is 2. The number of amides is 1. The van der Waals surface area contributed by atoms with Crippen LogP contribution >= 0.6 is 23.2 Å². The van der Waals surface area contributed by atoms with Crippen LogP contribution < -0.4 is 10.7 Å². The molecule has 0 bridgehead atoms.